The van der Waals surface area contributed by atoms with Crippen LogP contribution in [0.5, 0.6) is 0 Å². The van der Waals surface area contributed by atoms with Crippen molar-refractivity contribution >= 4 is 9.12 Å². The van der Waals surface area contributed by atoms with Crippen LogP contribution in [0.2, 0.25) is 0 Å². The molecule has 1 rings (SSSR count). The Morgan fingerprint density at radius 3 is 1.86 bits per heavy atom. The highest BCUT2D eigenvalue weighted by Gasteiger charge is 2.16. The van der Waals surface area contributed by atoms with Crippen molar-refractivity contribution in [3.05, 3.63) is 35.9 Å². The second-order valence-corrected chi connectivity index (χ2v) is 7.53. The zero-order chi connectivity index (χ0) is 10.6. The maximum Gasteiger partial charge on any atom is 0.193 e. The van der Waals surface area contributed by atoms with Crippen LogP contribution < -0.4 is 0 Å². The minimum atomic E-state index is -0.940. The Morgan fingerprint density at radius 2 is 1.43 bits per heavy atom. The molecular weight excluding hydrogens is 188 g/mol. The maximum absolute atomic E-state index is 2.38. The van der Waals surface area contributed by atoms with Crippen molar-refractivity contribution in [2.24, 2.45) is 0 Å². The molecule has 0 N–H and O–H groups in total. The first-order valence-electron chi connectivity index (χ1n) is 4.98. The summed E-state index contributed by atoms with van der Waals surface area (Å²) < 4.78 is 4.76. The highest BCUT2D eigenvalue weighted by atomic mass is 28.3. The van der Waals surface area contributed by atoms with E-state index < -0.39 is 9.12 Å². The highest BCUT2D eigenvalue weighted by Crippen LogP contribution is 2.04. The van der Waals surface area contributed by atoms with E-state index in [-0.39, 0.29) is 0 Å². The van der Waals surface area contributed by atoms with E-state index in [1.54, 1.807) is 0 Å². The fourth-order valence-corrected chi connectivity index (χ4v) is 4.00. The van der Waals surface area contributed by atoms with Crippen molar-refractivity contribution in [3.63, 3.8) is 0 Å². The molecule has 0 saturated carbocycles. The summed E-state index contributed by atoms with van der Waals surface area (Å²) in [5, 5.41) is 0. The number of hydrogen-bond donors (Lipinski definition) is 0. The zero-order valence-corrected chi connectivity index (χ0v) is 10.7. The second-order valence-electron chi connectivity index (χ2n) is 4.10. The maximum atomic E-state index is 2.38. The molecule has 1 aromatic rings. The molecule has 0 spiro atoms. The summed E-state index contributed by atoms with van der Waals surface area (Å²) in [4.78, 5) is 0. The van der Waals surface area contributed by atoms with Crippen LogP contribution >= 0.6 is 0 Å². The van der Waals surface area contributed by atoms with Crippen LogP contribution in [0.15, 0.2) is 30.3 Å². The lowest BCUT2D eigenvalue weighted by Gasteiger charge is -2.28. The minimum absolute atomic E-state index is 0.940. The van der Waals surface area contributed by atoms with Crippen molar-refractivity contribution in [2.45, 2.75) is 6.04 Å². The van der Waals surface area contributed by atoms with E-state index in [0.717, 1.165) is 0 Å². The normalized spacial score (nSPS) is 11.6. The lowest BCUT2D eigenvalue weighted by Crippen LogP contribution is -2.47. The van der Waals surface area contributed by atoms with E-state index in [1.165, 1.54) is 11.6 Å². The number of nitrogens with zero attached hydrogens (tertiary/aromatic N) is 2. The molecule has 2 nitrogen and oxygen atoms in total. The van der Waals surface area contributed by atoms with E-state index in [0.29, 0.717) is 0 Å². The van der Waals surface area contributed by atoms with E-state index in [1.807, 2.05) is 0 Å². The fraction of sp³-hybridized carbons (Fsp3) is 0.455. The molecule has 0 aliphatic heterocycles. The van der Waals surface area contributed by atoms with Gasteiger partial charge >= 0.3 is 0 Å². The Hall–Kier alpha value is -0.643. The van der Waals surface area contributed by atoms with E-state index in [9.17, 15) is 0 Å². The number of rotatable bonds is 4. The fourth-order valence-electron chi connectivity index (χ4n) is 1.65. The average Bonchev–Trinajstić information content (AvgIpc) is 2.15. The molecule has 0 radical (unpaired) electrons. The Labute approximate surface area is 88.9 Å². The molecule has 0 aliphatic rings. The minimum Gasteiger partial charge on any atom is -0.319 e. The monoisotopic (exact) mass is 208 g/mol. The van der Waals surface area contributed by atoms with Crippen molar-refractivity contribution in [3.8, 4) is 0 Å². The smallest absolute Gasteiger partial charge is 0.193 e. The molecule has 0 saturated heterocycles. The van der Waals surface area contributed by atoms with Gasteiger partial charge in [-0.1, -0.05) is 30.3 Å². The van der Waals surface area contributed by atoms with Crippen molar-refractivity contribution < 1.29 is 0 Å². The van der Waals surface area contributed by atoms with Gasteiger partial charge in [-0.05, 0) is 39.8 Å². The Bertz CT molecular complexity index is 251. The van der Waals surface area contributed by atoms with Crippen LogP contribution in [0.4, 0.5) is 0 Å². The molecule has 1 aromatic carbocycles. The Kier molecular flexibility index (Phi) is 4.32. The van der Waals surface area contributed by atoms with Gasteiger partial charge in [-0.2, -0.15) is 0 Å². The SMILES string of the molecule is CN(C)[SiH](Cc1ccccc1)N(C)C. The summed E-state index contributed by atoms with van der Waals surface area (Å²) >= 11 is 0. The zero-order valence-electron chi connectivity index (χ0n) is 9.57. The van der Waals surface area contributed by atoms with E-state index in [2.05, 4.69) is 67.7 Å². The van der Waals surface area contributed by atoms with E-state index >= 15 is 0 Å². The van der Waals surface area contributed by atoms with Crippen molar-refractivity contribution in [2.75, 3.05) is 28.2 Å². The summed E-state index contributed by atoms with van der Waals surface area (Å²) in [6.45, 7) is 0. The summed E-state index contributed by atoms with van der Waals surface area (Å²) in [6, 6.07) is 11.9. The van der Waals surface area contributed by atoms with Gasteiger partial charge in [0.05, 0.1) is 0 Å². The van der Waals surface area contributed by atoms with E-state index in [4.69, 9.17) is 0 Å². The third kappa shape index (κ3) is 3.25. The van der Waals surface area contributed by atoms with Gasteiger partial charge in [-0.15, -0.1) is 0 Å². The van der Waals surface area contributed by atoms with Gasteiger partial charge in [0.1, 0.15) is 0 Å². The topological polar surface area (TPSA) is 6.48 Å². The van der Waals surface area contributed by atoms with Crippen LogP contribution in [0, 0.1) is 0 Å². The third-order valence-corrected chi connectivity index (χ3v) is 5.67. The predicted molar refractivity (Wildman–Crippen MR) is 64.7 cm³/mol. The summed E-state index contributed by atoms with van der Waals surface area (Å²) in [5.41, 5.74) is 1.45. The summed E-state index contributed by atoms with van der Waals surface area (Å²) in [6.07, 6.45) is 0. The largest absolute Gasteiger partial charge is 0.319 e. The Balaban J connectivity index is 2.65. The molecule has 0 aromatic heterocycles. The van der Waals surface area contributed by atoms with Crippen LogP contribution in [0.1, 0.15) is 5.56 Å². The number of benzene rings is 1. The second kappa shape index (κ2) is 5.29. The quantitative estimate of drug-likeness (QED) is 0.684. The summed E-state index contributed by atoms with van der Waals surface area (Å²) in [7, 11) is 7.78. The lowest BCUT2D eigenvalue weighted by molar-refractivity contribution is 0.513. The van der Waals surface area contributed by atoms with Crippen LogP contribution in [-0.2, 0) is 6.04 Å². The lowest BCUT2D eigenvalue weighted by atomic mass is 10.2. The standard InChI is InChI=1S/C11H20N2Si/c1-12(2)14(13(3)4)10-11-8-6-5-7-9-11/h5-9,14H,10H2,1-4H3. The summed E-state index contributed by atoms with van der Waals surface area (Å²) in [5.74, 6) is 0. The molecule has 14 heavy (non-hydrogen) atoms. The van der Waals surface area contributed by atoms with Crippen molar-refractivity contribution in [1.82, 2.24) is 9.13 Å². The molecule has 0 fully saturated rings. The Morgan fingerprint density at radius 1 is 0.929 bits per heavy atom. The molecule has 0 amide bonds. The first-order chi connectivity index (χ1) is 6.61. The third-order valence-electron chi connectivity index (χ3n) is 2.45. The number of hydrogen-bond acceptors (Lipinski definition) is 2. The molecule has 78 valence electrons. The van der Waals surface area contributed by atoms with Crippen LogP contribution in [0.25, 0.3) is 0 Å². The van der Waals surface area contributed by atoms with Gasteiger partial charge in [-0.25, -0.2) is 0 Å². The van der Waals surface area contributed by atoms with Gasteiger partial charge in [0.2, 0.25) is 0 Å². The molecule has 3 heteroatoms. The molecule has 0 atom stereocenters. The van der Waals surface area contributed by atoms with Gasteiger partial charge in [0, 0.05) is 0 Å². The molecule has 0 bridgehead atoms. The average molecular weight is 208 g/mol. The molecule has 0 aliphatic carbocycles. The van der Waals surface area contributed by atoms with Crippen molar-refractivity contribution in [1.29, 1.82) is 0 Å². The first kappa shape index (κ1) is 11.4. The van der Waals surface area contributed by atoms with Gasteiger partial charge < -0.3 is 9.13 Å². The molecular formula is C11H20N2Si. The first-order valence-corrected chi connectivity index (χ1v) is 6.83. The van der Waals surface area contributed by atoms with Gasteiger partial charge in [0.15, 0.2) is 9.12 Å². The predicted octanol–water partition coefficient (Wildman–Crippen LogP) is 1.11. The molecule has 0 unspecified atom stereocenters. The van der Waals surface area contributed by atoms with Gasteiger partial charge in [-0.3, -0.25) is 0 Å². The van der Waals surface area contributed by atoms with Crippen LogP contribution in [0.3, 0.4) is 0 Å². The van der Waals surface area contributed by atoms with Gasteiger partial charge in [0.25, 0.3) is 0 Å². The molecule has 0 heterocycles. The highest BCUT2D eigenvalue weighted by molar-refractivity contribution is 6.51. The van der Waals surface area contributed by atoms with Crippen LogP contribution in [-0.4, -0.2) is 46.4 Å².